The third-order valence-corrected chi connectivity index (χ3v) is 5.72. The van der Waals surface area contributed by atoms with Crippen LogP contribution in [0.25, 0.3) is 11.6 Å². The highest BCUT2D eigenvalue weighted by molar-refractivity contribution is 5.99. The summed E-state index contributed by atoms with van der Waals surface area (Å²) in [5.74, 6) is 0.624. The summed E-state index contributed by atoms with van der Waals surface area (Å²) in [5.41, 5.74) is 7.45. The van der Waals surface area contributed by atoms with Crippen molar-refractivity contribution in [1.29, 1.82) is 0 Å². The molecule has 0 fully saturated rings. The molecule has 1 aromatic rings. The average molecular weight is 477 g/mol. The minimum Gasteiger partial charge on any atom is -0.444 e. The zero-order valence-corrected chi connectivity index (χ0v) is 22.6. The van der Waals surface area contributed by atoms with E-state index in [1.165, 1.54) is 0 Å². The number of carbonyl (C=O) groups excluding carboxylic acids is 2. The fraction of sp³-hybridized carbons (Fsp3) is 0.433. The van der Waals surface area contributed by atoms with Crippen molar-refractivity contribution in [2.45, 2.75) is 86.7 Å². The number of nitrogens with zero attached hydrogens (tertiary/aromatic N) is 1. The number of anilines is 1. The van der Waals surface area contributed by atoms with Crippen LogP contribution in [0, 0.1) is 0 Å². The van der Waals surface area contributed by atoms with Gasteiger partial charge in [-0.15, -0.1) is 0 Å². The molecule has 0 unspecified atom stereocenters. The number of nitrogens with one attached hydrogen (secondary N) is 1. The molecule has 0 saturated carbocycles. The Hall–Kier alpha value is -3.21. The summed E-state index contributed by atoms with van der Waals surface area (Å²) in [4.78, 5) is 29.3. The molecule has 2 rings (SSSR count). The van der Waals surface area contributed by atoms with Crippen LogP contribution in [0.5, 0.6) is 0 Å². The van der Waals surface area contributed by atoms with Gasteiger partial charge in [0.25, 0.3) is 0 Å². The summed E-state index contributed by atoms with van der Waals surface area (Å²) in [5, 5.41) is 2.71. The van der Waals surface area contributed by atoms with Crippen LogP contribution in [-0.2, 0) is 9.53 Å². The van der Waals surface area contributed by atoms with Crippen LogP contribution in [0.3, 0.4) is 0 Å². The molecule has 0 bridgehead atoms. The molecule has 0 atom stereocenters. The van der Waals surface area contributed by atoms with Gasteiger partial charge in [0.1, 0.15) is 11.4 Å². The van der Waals surface area contributed by atoms with Gasteiger partial charge in [0.05, 0.1) is 0 Å². The van der Waals surface area contributed by atoms with Crippen LogP contribution in [0.2, 0.25) is 0 Å². The summed E-state index contributed by atoms with van der Waals surface area (Å²) < 4.78 is 5.34. The molecule has 1 aromatic heterocycles. The van der Waals surface area contributed by atoms with Crippen LogP contribution in [0.4, 0.5) is 10.6 Å². The van der Waals surface area contributed by atoms with E-state index in [1.54, 1.807) is 6.20 Å². The number of Topliss-reactive ketones (excluding diaryl/α,β-unsaturated/α-hetero) is 1. The van der Waals surface area contributed by atoms with Crippen LogP contribution < -0.4 is 5.32 Å². The summed E-state index contributed by atoms with van der Waals surface area (Å²) in [6, 6.07) is 1.82. The number of allylic oxidation sites excluding steroid dienone is 8. The molecule has 0 aliphatic heterocycles. The van der Waals surface area contributed by atoms with E-state index >= 15 is 0 Å². The van der Waals surface area contributed by atoms with E-state index in [-0.39, 0.29) is 5.78 Å². The first-order valence-electron chi connectivity index (χ1n) is 12.3. The molecular weight excluding hydrogens is 436 g/mol. The molecule has 1 aliphatic carbocycles. The Morgan fingerprint density at radius 3 is 2.49 bits per heavy atom. The van der Waals surface area contributed by atoms with Gasteiger partial charge in [0, 0.05) is 23.8 Å². The Morgan fingerprint density at radius 1 is 1.23 bits per heavy atom. The standard InChI is InChI=1S/C30H40N2O3/c1-10-12-27(33)26-15-21(6)24(14-13-20(26)5)22(11-2)16-23-18-31-28(17-25(23)19(3)4)32-29(34)35-30(7,8)9/h14-18H,3,10-13H2,1-2,4-9H3,(H,31,32,34)/b22-16+. The largest absolute Gasteiger partial charge is 0.444 e. The third kappa shape index (κ3) is 7.91. The van der Waals surface area contributed by atoms with E-state index in [4.69, 9.17) is 4.74 Å². The molecule has 0 aromatic carbocycles. The number of aromatic nitrogens is 1. The van der Waals surface area contributed by atoms with Gasteiger partial charge in [-0.25, -0.2) is 9.78 Å². The van der Waals surface area contributed by atoms with Gasteiger partial charge < -0.3 is 4.74 Å². The van der Waals surface area contributed by atoms with Crippen LogP contribution in [0.1, 0.15) is 92.2 Å². The second-order valence-electron chi connectivity index (χ2n) is 10.1. The van der Waals surface area contributed by atoms with E-state index in [0.29, 0.717) is 12.2 Å². The smallest absolute Gasteiger partial charge is 0.413 e. The van der Waals surface area contributed by atoms with Gasteiger partial charge >= 0.3 is 6.09 Å². The maximum Gasteiger partial charge on any atom is 0.413 e. The lowest BCUT2D eigenvalue weighted by atomic mass is 9.92. The predicted molar refractivity (Wildman–Crippen MR) is 146 cm³/mol. The topological polar surface area (TPSA) is 68.3 Å². The van der Waals surface area contributed by atoms with Crippen LogP contribution >= 0.6 is 0 Å². The number of ketones is 1. The first-order chi connectivity index (χ1) is 16.4. The minimum atomic E-state index is -0.591. The number of rotatable bonds is 8. The highest BCUT2D eigenvalue weighted by Crippen LogP contribution is 2.32. The molecule has 35 heavy (non-hydrogen) atoms. The number of pyridine rings is 1. The fourth-order valence-corrected chi connectivity index (χ4v) is 3.99. The first-order valence-corrected chi connectivity index (χ1v) is 12.3. The van der Waals surface area contributed by atoms with Crippen molar-refractivity contribution in [3.63, 3.8) is 0 Å². The lowest BCUT2D eigenvalue weighted by molar-refractivity contribution is -0.115. The van der Waals surface area contributed by atoms with Crippen LogP contribution in [0.15, 0.2) is 58.9 Å². The number of ether oxygens (including phenoxy) is 1. The maximum absolute atomic E-state index is 12.7. The van der Waals surface area contributed by atoms with Gasteiger partial charge in [-0.1, -0.05) is 37.6 Å². The van der Waals surface area contributed by atoms with Gasteiger partial charge in [0.2, 0.25) is 0 Å². The quantitative estimate of drug-likeness (QED) is 0.410. The molecule has 0 spiro atoms. The van der Waals surface area contributed by atoms with E-state index in [1.807, 2.05) is 53.7 Å². The molecule has 1 N–H and O–H groups in total. The van der Waals surface area contributed by atoms with E-state index < -0.39 is 11.7 Å². The Kier molecular flexibility index (Phi) is 9.58. The molecule has 5 heteroatoms. The highest BCUT2D eigenvalue weighted by Gasteiger charge is 2.18. The van der Waals surface area contributed by atoms with Crippen molar-refractivity contribution in [2.24, 2.45) is 0 Å². The number of hydrogen-bond donors (Lipinski definition) is 1. The Labute approximate surface area is 210 Å². The predicted octanol–water partition coefficient (Wildman–Crippen LogP) is 8.22. The summed E-state index contributed by atoms with van der Waals surface area (Å²) in [6.07, 6.45) is 10.6. The SMILES string of the molecule is C=C(C)c1cc(NC(=O)OC(C)(C)C)ncc1/C=C(\CC)C1=CCC(C)=C(C(=O)CCC)C=C1C. The van der Waals surface area contributed by atoms with Crippen molar-refractivity contribution in [3.8, 4) is 0 Å². The maximum atomic E-state index is 12.7. The number of carbonyl (C=O) groups is 2. The number of hydrogen-bond acceptors (Lipinski definition) is 4. The van der Waals surface area contributed by atoms with Gasteiger partial charge in [-0.3, -0.25) is 10.1 Å². The van der Waals surface area contributed by atoms with Gasteiger partial charge in [-0.2, -0.15) is 0 Å². The monoisotopic (exact) mass is 476 g/mol. The van der Waals surface area contributed by atoms with Crippen molar-refractivity contribution in [3.05, 3.63) is 70.0 Å². The first kappa shape index (κ1) is 28.0. The number of amides is 1. The van der Waals surface area contributed by atoms with E-state index in [0.717, 1.165) is 63.8 Å². The third-order valence-electron chi connectivity index (χ3n) is 5.72. The van der Waals surface area contributed by atoms with E-state index in [9.17, 15) is 9.59 Å². The highest BCUT2D eigenvalue weighted by atomic mass is 16.6. The van der Waals surface area contributed by atoms with Crippen molar-refractivity contribution in [2.75, 3.05) is 5.32 Å². The minimum absolute atomic E-state index is 0.211. The molecule has 188 valence electrons. The molecular formula is C30H40N2O3. The average Bonchev–Trinajstić information content (AvgIpc) is 2.90. The molecule has 1 heterocycles. The zero-order valence-electron chi connectivity index (χ0n) is 22.6. The fourth-order valence-electron chi connectivity index (χ4n) is 3.99. The Balaban J connectivity index is 2.42. The molecule has 1 aliphatic rings. The summed E-state index contributed by atoms with van der Waals surface area (Å²) >= 11 is 0. The Bertz CT molecular complexity index is 1120. The summed E-state index contributed by atoms with van der Waals surface area (Å²) in [6.45, 7) is 19.8. The Morgan fingerprint density at radius 2 is 1.91 bits per heavy atom. The van der Waals surface area contributed by atoms with E-state index in [2.05, 4.69) is 42.9 Å². The zero-order chi connectivity index (χ0) is 26.3. The van der Waals surface area contributed by atoms with Crippen molar-refractivity contribution in [1.82, 2.24) is 4.98 Å². The summed E-state index contributed by atoms with van der Waals surface area (Å²) in [7, 11) is 0. The van der Waals surface area contributed by atoms with Crippen molar-refractivity contribution < 1.29 is 14.3 Å². The van der Waals surface area contributed by atoms with Crippen LogP contribution in [-0.4, -0.2) is 22.5 Å². The van der Waals surface area contributed by atoms with Crippen molar-refractivity contribution >= 4 is 29.3 Å². The van der Waals surface area contributed by atoms with Gasteiger partial charge in [-0.05, 0) is 101 Å². The second-order valence-corrected chi connectivity index (χ2v) is 10.1. The molecule has 0 radical (unpaired) electrons. The molecule has 1 amide bonds. The molecule has 0 saturated heterocycles. The lowest BCUT2D eigenvalue weighted by Gasteiger charge is -2.19. The molecule has 5 nitrogen and oxygen atoms in total. The van der Waals surface area contributed by atoms with Gasteiger partial charge in [0.15, 0.2) is 5.78 Å². The normalized spacial score (nSPS) is 14.7. The lowest BCUT2D eigenvalue weighted by Crippen LogP contribution is -2.27. The second kappa shape index (κ2) is 12.0.